The zero-order chi connectivity index (χ0) is 15.4. The Morgan fingerprint density at radius 3 is 2.59 bits per heavy atom. The van der Waals surface area contributed by atoms with Gasteiger partial charge in [-0.05, 0) is 24.6 Å². The molecule has 2 aliphatic rings. The first-order chi connectivity index (χ1) is 10.8. The normalized spacial score (nSPS) is 19.8. The number of β-amino-alcohol motifs (C(OH)–C–C–N with tert-alkyl or cyclic N) is 1. The highest BCUT2D eigenvalue weighted by atomic mass is 16.3. The van der Waals surface area contributed by atoms with Crippen LogP contribution in [-0.4, -0.2) is 66.8 Å². The third-order valence-electron chi connectivity index (χ3n) is 4.20. The average Bonchev–Trinajstić information content (AvgIpc) is 2.57. The van der Waals surface area contributed by atoms with Crippen LogP contribution in [0.1, 0.15) is 6.42 Å². The van der Waals surface area contributed by atoms with Crippen LogP contribution in [-0.2, 0) is 4.79 Å². The van der Waals surface area contributed by atoms with Crippen molar-refractivity contribution in [3.63, 3.8) is 0 Å². The minimum Gasteiger partial charge on any atom is -0.395 e. The fraction of sp³-hybridized carbons (Fsp3) is 0.500. The van der Waals surface area contributed by atoms with Crippen molar-refractivity contribution >= 4 is 17.4 Å². The van der Waals surface area contributed by atoms with Gasteiger partial charge in [0.15, 0.2) is 0 Å². The van der Waals surface area contributed by atoms with Gasteiger partial charge < -0.3 is 14.9 Å². The van der Waals surface area contributed by atoms with E-state index in [9.17, 15) is 4.79 Å². The summed E-state index contributed by atoms with van der Waals surface area (Å²) in [6, 6.07) is 3.96. The molecule has 118 valence electrons. The molecule has 0 saturated carbocycles. The number of amides is 1. The Kier molecular flexibility index (Phi) is 4.70. The fourth-order valence-electron chi connectivity index (χ4n) is 2.91. The largest absolute Gasteiger partial charge is 0.395 e. The smallest absolute Gasteiger partial charge is 0.250 e. The van der Waals surface area contributed by atoms with E-state index in [4.69, 9.17) is 5.11 Å². The zero-order valence-corrected chi connectivity index (χ0v) is 12.7. The van der Waals surface area contributed by atoms with Crippen molar-refractivity contribution in [3.8, 4) is 0 Å². The van der Waals surface area contributed by atoms with Gasteiger partial charge in [-0.15, -0.1) is 0 Å². The number of carbonyl (C=O) groups excluding carboxylic acids is 1. The Bertz CT molecular complexity index is 536. The van der Waals surface area contributed by atoms with Crippen LogP contribution in [0.2, 0.25) is 0 Å². The van der Waals surface area contributed by atoms with Crippen LogP contribution in [0.4, 0.5) is 11.5 Å². The molecule has 1 amide bonds. The number of pyridine rings is 1. The predicted octanol–water partition coefficient (Wildman–Crippen LogP) is 0.489. The standard InChI is InChI=1S/C16H22N4O2/c21-12-11-18-7-9-19(10-8-18)15-5-4-14(13-17-15)20-6-2-1-3-16(20)22/h1,3-5,13,21H,2,6-12H2. The van der Waals surface area contributed by atoms with Crippen LogP contribution in [0.3, 0.4) is 0 Å². The van der Waals surface area contributed by atoms with E-state index >= 15 is 0 Å². The molecule has 1 aromatic heterocycles. The highest BCUT2D eigenvalue weighted by Crippen LogP contribution is 2.21. The Morgan fingerprint density at radius 1 is 1.14 bits per heavy atom. The van der Waals surface area contributed by atoms with Crippen molar-refractivity contribution in [2.24, 2.45) is 0 Å². The molecule has 0 radical (unpaired) electrons. The Labute approximate surface area is 130 Å². The summed E-state index contributed by atoms with van der Waals surface area (Å²) in [5, 5.41) is 8.97. The molecule has 22 heavy (non-hydrogen) atoms. The fourth-order valence-corrected chi connectivity index (χ4v) is 2.91. The molecular weight excluding hydrogens is 280 g/mol. The molecule has 0 atom stereocenters. The number of anilines is 2. The first-order valence-electron chi connectivity index (χ1n) is 7.80. The van der Waals surface area contributed by atoms with Gasteiger partial charge in [0.2, 0.25) is 0 Å². The lowest BCUT2D eigenvalue weighted by Gasteiger charge is -2.35. The zero-order valence-electron chi connectivity index (χ0n) is 12.7. The number of rotatable bonds is 4. The van der Waals surface area contributed by atoms with Crippen LogP contribution in [0.5, 0.6) is 0 Å². The number of aliphatic hydroxyl groups is 1. The van der Waals surface area contributed by atoms with Gasteiger partial charge >= 0.3 is 0 Å². The molecule has 1 N–H and O–H groups in total. The van der Waals surface area contributed by atoms with E-state index in [-0.39, 0.29) is 12.5 Å². The van der Waals surface area contributed by atoms with Gasteiger partial charge in [-0.1, -0.05) is 6.08 Å². The van der Waals surface area contributed by atoms with Gasteiger partial charge in [-0.2, -0.15) is 0 Å². The monoisotopic (exact) mass is 302 g/mol. The number of hydrogen-bond donors (Lipinski definition) is 1. The molecule has 0 bridgehead atoms. The van der Waals surface area contributed by atoms with Crippen LogP contribution in [0.15, 0.2) is 30.5 Å². The second-order valence-electron chi connectivity index (χ2n) is 5.61. The summed E-state index contributed by atoms with van der Waals surface area (Å²) >= 11 is 0. The molecule has 2 aliphatic heterocycles. The van der Waals surface area contributed by atoms with Crippen molar-refractivity contribution in [1.82, 2.24) is 9.88 Å². The summed E-state index contributed by atoms with van der Waals surface area (Å²) in [4.78, 5) is 22.6. The molecule has 3 heterocycles. The maximum atomic E-state index is 11.9. The quantitative estimate of drug-likeness (QED) is 0.877. The summed E-state index contributed by atoms with van der Waals surface area (Å²) in [6.07, 6.45) is 6.21. The van der Waals surface area contributed by atoms with Crippen molar-refractivity contribution in [3.05, 3.63) is 30.5 Å². The molecule has 0 aliphatic carbocycles. The minimum atomic E-state index is 0.0263. The molecule has 1 fully saturated rings. The van der Waals surface area contributed by atoms with E-state index < -0.39 is 0 Å². The molecule has 6 heteroatoms. The molecule has 0 spiro atoms. The molecule has 1 saturated heterocycles. The molecule has 6 nitrogen and oxygen atoms in total. The van der Waals surface area contributed by atoms with Crippen LogP contribution < -0.4 is 9.80 Å². The van der Waals surface area contributed by atoms with Crippen LogP contribution in [0, 0.1) is 0 Å². The predicted molar refractivity (Wildman–Crippen MR) is 86.1 cm³/mol. The van der Waals surface area contributed by atoms with E-state index in [1.54, 1.807) is 17.2 Å². The molecule has 1 aromatic rings. The molecular formula is C16H22N4O2. The summed E-state index contributed by atoms with van der Waals surface area (Å²) in [7, 11) is 0. The van der Waals surface area contributed by atoms with E-state index in [0.717, 1.165) is 57.2 Å². The van der Waals surface area contributed by atoms with Gasteiger partial charge in [0.25, 0.3) is 5.91 Å². The second kappa shape index (κ2) is 6.89. The van der Waals surface area contributed by atoms with Crippen LogP contribution >= 0.6 is 0 Å². The van der Waals surface area contributed by atoms with Crippen molar-refractivity contribution in [2.45, 2.75) is 6.42 Å². The van der Waals surface area contributed by atoms with Crippen molar-refractivity contribution in [2.75, 3.05) is 55.7 Å². The number of nitrogens with zero attached hydrogens (tertiary/aromatic N) is 4. The first-order valence-corrected chi connectivity index (χ1v) is 7.80. The topological polar surface area (TPSA) is 59.9 Å². The van der Waals surface area contributed by atoms with E-state index in [2.05, 4.69) is 14.8 Å². The molecule has 3 rings (SSSR count). The summed E-state index contributed by atoms with van der Waals surface area (Å²) in [6.45, 7) is 5.39. The van der Waals surface area contributed by atoms with Gasteiger partial charge in [0.05, 0.1) is 18.5 Å². The summed E-state index contributed by atoms with van der Waals surface area (Å²) in [5.41, 5.74) is 0.858. The van der Waals surface area contributed by atoms with E-state index in [1.807, 2.05) is 18.2 Å². The third kappa shape index (κ3) is 3.28. The number of piperazine rings is 1. The summed E-state index contributed by atoms with van der Waals surface area (Å²) in [5.74, 6) is 0.978. The van der Waals surface area contributed by atoms with Gasteiger partial charge in [0.1, 0.15) is 5.82 Å². The maximum Gasteiger partial charge on any atom is 0.250 e. The number of aromatic nitrogens is 1. The number of carbonyl (C=O) groups is 1. The highest BCUT2D eigenvalue weighted by molar-refractivity contribution is 6.02. The van der Waals surface area contributed by atoms with E-state index in [0.29, 0.717) is 0 Å². The average molecular weight is 302 g/mol. The van der Waals surface area contributed by atoms with Gasteiger partial charge in [-0.3, -0.25) is 9.69 Å². The SMILES string of the molecule is O=C1C=CCCN1c1ccc(N2CCN(CCO)CC2)nc1. The Balaban J connectivity index is 1.62. The van der Waals surface area contributed by atoms with Crippen molar-refractivity contribution < 1.29 is 9.90 Å². The van der Waals surface area contributed by atoms with Crippen LogP contribution in [0.25, 0.3) is 0 Å². The lowest BCUT2D eigenvalue weighted by Crippen LogP contribution is -2.47. The van der Waals surface area contributed by atoms with E-state index in [1.165, 1.54) is 0 Å². The van der Waals surface area contributed by atoms with Crippen molar-refractivity contribution in [1.29, 1.82) is 0 Å². The maximum absolute atomic E-state index is 11.9. The highest BCUT2D eigenvalue weighted by Gasteiger charge is 2.19. The summed E-state index contributed by atoms with van der Waals surface area (Å²) < 4.78 is 0. The Morgan fingerprint density at radius 2 is 1.95 bits per heavy atom. The third-order valence-corrected chi connectivity index (χ3v) is 4.20. The first kappa shape index (κ1) is 15.0. The van der Waals surface area contributed by atoms with Gasteiger partial charge in [0, 0.05) is 39.3 Å². The molecule has 0 unspecified atom stereocenters. The second-order valence-corrected chi connectivity index (χ2v) is 5.61. The number of hydrogen-bond acceptors (Lipinski definition) is 5. The lowest BCUT2D eigenvalue weighted by atomic mass is 10.2. The van der Waals surface area contributed by atoms with Gasteiger partial charge in [-0.25, -0.2) is 4.98 Å². The molecule has 0 aromatic carbocycles. The lowest BCUT2D eigenvalue weighted by molar-refractivity contribution is -0.114. The Hall–Kier alpha value is -1.92. The number of aliphatic hydroxyl groups excluding tert-OH is 1. The minimum absolute atomic E-state index is 0.0263.